The van der Waals surface area contributed by atoms with Crippen molar-refractivity contribution < 1.29 is 70.9 Å². The number of ketones is 1. The fourth-order valence-electron chi connectivity index (χ4n) is 2.59. The molecule has 0 radical (unpaired) electrons. The van der Waals surface area contributed by atoms with Gasteiger partial charge in [-0.15, -0.1) is 0 Å². The number of Topliss-reactive ketones (excluding diaryl/α,β-unsaturated/α-hetero) is 1. The quantitative estimate of drug-likeness (QED) is 0.132. The maximum atomic E-state index is 12.2. The summed E-state index contributed by atoms with van der Waals surface area (Å²) in [6.07, 6.45) is -6.28. The molecule has 19 nitrogen and oxygen atoms in total. The summed E-state index contributed by atoms with van der Waals surface area (Å²) in [5.41, 5.74) is -2.14. The number of H-pyrrole nitrogens is 1. The molecule has 0 aromatic carbocycles. The van der Waals surface area contributed by atoms with Crippen LogP contribution in [0.4, 0.5) is 0 Å². The maximum Gasteiger partial charge on any atom is 0.490 e. The van der Waals surface area contributed by atoms with Crippen molar-refractivity contribution in [3.8, 4) is 5.75 Å². The van der Waals surface area contributed by atoms with E-state index in [-0.39, 0.29) is 12.2 Å². The van der Waals surface area contributed by atoms with Crippen LogP contribution in [0.2, 0.25) is 0 Å². The van der Waals surface area contributed by atoms with E-state index in [2.05, 4.69) is 13.1 Å². The largest absolute Gasteiger partial charge is 0.490 e. The molecule has 0 spiro atoms. The Kier molecular flexibility index (Phi) is 9.52. The Morgan fingerprint density at radius 1 is 1.09 bits per heavy atom. The molecule has 7 N–H and O–H groups in total. The molecule has 0 amide bonds. The summed E-state index contributed by atoms with van der Waals surface area (Å²) >= 11 is 0. The van der Waals surface area contributed by atoms with Gasteiger partial charge in [-0.3, -0.25) is 23.7 Å². The highest BCUT2D eigenvalue weighted by Crippen LogP contribution is 2.66. The first kappa shape index (κ1) is 29.7. The Morgan fingerprint density at radius 2 is 1.71 bits per heavy atom. The number of carbonyl (C=O) groups is 1. The molecule has 1 aromatic rings. The Morgan fingerprint density at radius 3 is 2.29 bits per heavy atom. The number of hydrogen-bond acceptors (Lipinski definition) is 13. The smallest absolute Gasteiger partial charge is 0.479 e. The molecule has 1 fully saturated rings. The highest BCUT2D eigenvalue weighted by molar-refractivity contribution is 7.66. The number of hydrogen-bond donors (Lipinski definition) is 7. The highest BCUT2D eigenvalue weighted by Gasteiger charge is 2.47. The van der Waals surface area contributed by atoms with Crippen LogP contribution < -0.4 is 16.0 Å². The first-order valence-corrected chi connectivity index (χ1v) is 13.8. The van der Waals surface area contributed by atoms with E-state index in [1.165, 1.54) is 0 Å². The maximum absolute atomic E-state index is 12.2. The molecule has 22 heteroatoms. The zero-order valence-corrected chi connectivity index (χ0v) is 20.2. The summed E-state index contributed by atoms with van der Waals surface area (Å²) in [4.78, 5) is 72.9. The Labute approximate surface area is 194 Å². The van der Waals surface area contributed by atoms with E-state index < -0.39 is 78.2 Å². The Hall–Kier alpha value is -1.56. The van der Waals surface area contributed by atoms with Crippen molar-refractivity contribution in [1.82, 2.24) is 9.55 Å². The van der Waals surface area contributed by atoms with Gasteiger partial charge in [-0.25, -0.2) is 18.5 Å². The SMILES string of the molecule is CCC(=O)COc1cn([C@@H]2O[C@H](COP(=O)(O)OP(=O)(O)OP(=O)(O)O)[C@H](O)C2O)c(=O)[nH]c1=O. The molecule has 1 aliphatic heterocycles. The summed E-state index contributed by atoms with van der Waals surface area (Å²) in [6, 6.07) is 0. The molecule has 1 aromatic heterocycles. The number of aromatic nitrogens is 2. The minimum atomic E-state index is -5.79. The lowest BCUT2D eigenvalue weighted by molar-refractivity contribution is -0.120. The van der Waals surface area contributed by atoms with E-state index >= 15 is 0 Å². The topological polar surface area (TPSA) is 291 Å². The van der Waals surface area contributed by atoms with Crippen LogP contribution in [-0.2, 0) is 36.4 Å². The van der Waals surface area contributed by atoms with Crippen molar-refractivity contribution in [1.29, 1.82) is 0 Å². The second-order valence-corrected chi connectivity index (χ2v) is 11.2. The number of rotatable bonds is 12. The van der Waals surface area contributed by atoms with E-state index in [0.29, 0.717) is 4.57 Å². The number of nitrogens with one attached hydrogen (secondary N) is 1. The van der Waals surface area contributed by atoms with Crippen LogP contribution in [-0.4, -0.2) is 76.6 Å². The van der Waals surface area contributed by atoms with E-state index in [0.717, 1.165) is 6.20 Å². The average molecular weight is 570 g/mol. The first-order chi connectivity index (χ1) is 15.9. The molecule has 6 atom stereocenters. The van der Waals surface area contributed by atoms with Gasteiger partial charge in [-0.2, -0.15) is 8.62 Å². The fourth-order valence-corrected chi connectivity index (χ4v) is 5.62. The standard InChI is InChI=1S/C13H21N2O17P3/c1-2-6(16)4-28-7-3-15(13(20)14-11(7)19)12-10(18)9(17)8(30-12)5-29-34(24,25)32-35(26,27)31-33(21,22)23/h3,8-10,12,17-18H,2,4-5H2,1H3,(H,24,25)(H,26,27)(H,14,19,20)(H2,21,22,23)/t8-,9+,10?,12-/m1/s1. The van der Waals surface area contributed by atoms with Crippen molar-refractivity contribution in [3.63, 3.8) is 0 Å². The predicted molar refractivity (Wildman–Crippen MR) is 108 cm³/mol. The van der Waals surface area contributed by atoms with Crippen LogP contribution in [0, 0.1) is 0 Å². The molecule has 1 aliphatic rings. The fraction of sp³-hybridized carbons (Fsp3) is 0.615. The molecule has 2 heterocycles. The molecular weight excluding hydrogens is 549 g/mol. The summed E-state index contributed by atoms with van der Waals surface area (Å²) in [7, 11) is -17.0. The number of phosphoric ester groups is 1. The number of phosphoric acid groups is 3. The number of ether oxygens (including phenoxy) is 2. The molecule has 2 rings (SSSR count). The van der Waals surface area contributed by atoms with Gasteiger partial charge in [0.05, 0.1) is 12.8 Å². The van der Waals surface area contributed by atoms with Crippen molar-refractivity contribution in [3.05, 3.63) is 27.0 Å². The lowest BCUT2D eigenvalue weighted by Crippen LogP contribution is -2.38. The summed E-state index contributed by atoms with van der Waals surface area (Å²) < 4.78 is 56.0. The monoisotopic (exact) mass is 570 g/mol. The number of carbonyl (C=O) groups excluding carboxylic acids is 1. The van der Waals surface area contributed by atoms with Crippen LogP contribution >= 0.6 is 23.5 Å². The molecule has 1 saturated heterocycles. The Balaban J connectivity index is 2.14. The van der Waals surface area contributed by atoms with Gasteiger partial charge in [0.15, 0.2) is 12.0 Å². The zero-order chi connectivity index (χ0) is 26.8. The summed E-state index contributed by atoms with van der Waals surface area (Å²) in [6.45, 7) is -0.0778. The second-order valence-electron chi connectivity index (χ2n) is 6.77. The van der Waals surface area contributed by atoms with Crippen molar-refractivity contribution in [2.24, 2.45) is 0 Å². The van der Waals surface area contributed by atoms with Crippen LogP contribution in [0.15, 0.2) is 15.8 Å². The number of aliphatic hydroxyl groups is 2. The van der Waals surface area contributed by atoms with E-state index in [1.54, 1.807) is 6.92 Å². The minimum absolute atomic E-state index is 0.103. The molecule has 200 valence electrons. The van der Waals surface area contributed by atoms with E-state index in [9.17, 15) is 43.2 Å². The lowest BCUT2D eigenvalue weighted by Gasteiger charge is -2.19. The number of nitrogens with zero attached hydrogens (tertiary/aromatic N) is 1. The first-order valence-electron chi connectivity index (χ1n) is 9.24. The third-order valence-electron chi connectivity index (χ3n) is 4.15. The van der Waals surface area contributed by atoms with Crippen LogP contribution in [0.5, 0.6) is 5.75 Å². The van der Waals surface area contributed by atoms with Gasteiger partial charge >= 0.3 is 29.2 Å². The normalized spacial score (nSPS) is 26.1. The Bertz CT molecular complexity index is 1190. The van der Waals surface area contributed by atoms with Gasteiger partial charge < -0.3 is 39.3 Å². The van der Waals surface area contributed by atoms with Gasteiger partial charge in [0.25, 0.3) is 5.56 Å². The van der Waals surface area contributed by atoms with Gasteiger partial charge in [0.2, 0.25) is 5.75 Å². The average Bonchev–Trinajstić information content (AvgIpc) is 2.97. The van der Waals surface area contributed by atoms with Crippen molar-refractivity contribution in [2.45, 2.75) is 37.9 Å². The summed E-state index contributed by atoms with van der Waals surface area (Å²) in [5.74, 6) is -0.880. The minimum Gasteiger partial charge on any atom is -0.479 e. The second kappa shape index (κ2) is 11.2. The zero-order valence-electron chi connectivity index (χ0n) is 17.5. The highest BCUT2D eigenvalue weighted by atomic mass is 31.3. The molecular formula is C13H21N2O17P3. The third-order valence-corrected chi connectivity index (χ3v) is 7.95. The van der Waals surface area contributed by atoms with Crippen LogP contribution in [0.25, 0.3) is 0 Å². The van der Waals surface area contributed by atoms with Crippen LogP contribution in [0.1, 0.15) is 19.6 Å². The van der Waals surface area contributed by atoms with Gasteiger partial charge in [-0.05, 0) is 0 Å². The van der Waals surface area contributed by atoms with Gasteiger partial charge in [0.1, 0.15) is 24.9 Å². The van der Waals surface area contributed by atoms with E-state index in [4.69, 9.17) is 24.2 Å². The van der Waals surface area contributed by atoms with Crippen molar-refractivity contribution >= 4 is 29.3 Å². The lowest BCUT2D eigenvalue weighted by atomic mass is 10.1. The van der Waals surface area contributed by atoms with Crippen LogP contribution in [0.3, 0.4) is 0 Å². The summed E-state index contributed by atoms with van der Waals surface area (Å²) in [5, 5.41) is 20.4. The number of aliphatic hydroxyl groups excluding tert-OH is 2. The molecule has 35 heavy (non-hydrogen) atoms. The predicted octanol–water partition coefficient (Wildman–Crippen LogP) is -2.14. The molecule has 0 aliphatic carbocycles. The number of aromatic amines is 1. The molecule has 0 bridgehead atoms. The van der Waals surface area contributed by atoms with Gasteiger partial charge in [0, 0.05) is 6.42 Å². The van der Waals surface area contributed by atoms with Crippen molar-refractivity contribution in [2.75, 3.05) is 13.2 Å². The molecule has 0 saturated carbocycles. The third kappa shape index (κ3) is 8.51. The van der Waals surface area contributed by atoms with E-state index in [1.807, 2.05) is 4.98 Å². The van der Waals surface area contributed by atoms with Gasteiger partial charge in [-0.1, -0.05) is 6.92 Å². The molecule has 3 unspecified atom stereocenters.